The van der Waals surface area contributed by atoms with E-state index < -0.39 is 23.9 Å². The third-order valence-electron chi connectivity index (χ3n) is 5.03. The number of rotatable bonds is 12. The van der Waals surface area contributed by atoms with Crippen molar-refractivity contribution >= 4 is 23.5 Å². The number of halogens is 1. The topological polar surface area (TPSA) is 84.5 Å². The lowest BCUT2D eigenvalue weighted by Crippen LogP contribution is -2.40. The van der Waals surface area contributed by atoms with Gasteiger partial charge in [0.25, 0.3) is 0 Å². The lowest BCUT2D eigenvalue weighted by molar-refractivity contribution is -0.121. The normalized spacial score (nSPS) is 12.2. The maximum absolute atomic E-state index is 13.8. The van der Waals surface area contributed by atoms with Crippen molar-refractivity contribution in [2.45, 2.75) is 38.8 Å². The molecule has 0 bridgehead atoms. The van der Waals surface area contributed by atoms with Crippen LogP contribution < -0.4 is 10.6 Å². The second-order valence-electron chi connectivity index (χ2n) is 7.56. The van der Waals surface area contributed by atoms with Crippen LogP contribution in [-0.2, 0) is 27.4 Å². The Morgan fingerprint density at radius 1 is 1.12 bits per heavy atom. The summed E-state index contributed by atoms with van der Waals surface area (Å²) in [4.78, 5) is 37.1. The summed E-state index contributed by atoms with van der Waals surface area (Å²) < 4.78 is 19.0. The summed E-state index contributed by atoms with van der Waals surface area (Å²) in [7, 11) is 0. The number of anilines is 1. The highest BCUT2D eigenvalue weighted by molar-refractivity contribution is 5.94. The van der Waals surface area contributed by atoms with Gasteiger partial charge in [-0.05, 0) is 42.2 Å². The van der Waals surface area contributed by atoms with Crippen molar-refractivity contribution in [3.05, 3.63) is 90.8 Å². The molecule has 0 aromatic heterocycles. The fourth-order valence-electron chi connectivity index (χ4n) is 3.02. The summed E-state index contributed by atoms with van der Waals surface area (Å²) in [5, 5.41) is 5.31. The van der Waals surface area contributed by atoms with E-state index in [2.05, 4.69) is 23.8 Å². The van der Waals surface area contributed by atoms with Crippen LogP contribution in [0.25, 0.3) is 0 Å². The van der Waals surface area contributed by atoms with Crippen LogP contribution in [0.3, 0.4) is 0 Å². The smallest absolute Gasteiger partial charge is 0.408 e. The molecule has 174 valence electrons. The lowest BCUT2D eigenvalue weighted by Gasteiger charge is -2.17. The Hall–Kier alpha value is -3.74. The Kier molecular flexibility index (Phi) is 10.0. The number of Topliss-reactive ketones (excluding diaryl/α,β-unsaturated/α-hetero) is 1. The van der Waals surface area contributed by atoms with E-state index >= 15 is 0 Å². The molecule has 2 rings (SSSR count). The van der Waals surface area contributed by atoms with Gasteiger partial charge in [0.2, 0.25) is 5.91 Å². The number of carbonyl (C=O) groups is 3. The van der Waals surface area contributed by atoms with Crippen LogP contribution in [0.5, 0.6) is 0 Å². The maximum atomic E-state index is 13.8. The molecular formula is C26H29FN2O4. The predicted molar refractivity (Wildman–Crippen MR) is 126 cm³/mol. The Labute approximate surface area is 193 Å². The molecule has 2 amide bonds. The minimum Gasteiger partial charge on any atom is -0.445 e. The Bertz CT molecular complexity index is 991. The van der Waals surface area contributed by atoms with Gasteiger partial charge >= 0.3 is 6.09 Å². The van der Waals surface area contributed by atoms with Crippen LogP contribution >= 0.6 is 0 Å². The SMILES string of the molecule is C=CC[C@H](NC(=O)OCc1ccccc1)C(=O)CCc1cc(F)ccc1NC(=O)[C@@H](C)C=C. The molecule has 0 spiro atoms. The highest BCUT2D eigenvalue weighted by atomic mass is 19.1. The van der Waals surface area contributed by atoms with E-state index in [4.69, 9.17) is 4.74 Å². The van der Waals surface area contributed by atoms with Crippen LogP contribution in [0.15, 0.2) is 73.8 Å². The molecule has 2 N–H and O–H groups in total. The average molecular weight is 453 g/mol. The lowest BCUT2D eigenvalue weighted by atomic mass is 10.00. The van der Waals surface area contributed by atoms with Crippen molar-refractivity contribution in [3.8, 4) is 0 Å². The van der Waals surface area contributed by atoms with Crippen LogP contribution in [0.1, 0.15) is 30.9 Å². The summed E-state index contributed by atoms with van der Waals surface area (Å²) in [6.07, 6.45) is 2.76. The molecule has 2 atom stereocenters. The first kappa shape index (κ1) is 25.5. The number of hydrogen-bond acceptors (Lipinski definition) is 4. The zero-order valence-electron chi connectivity index (χ0n) is 18.7. The highest BCUT2D eigenvalue weighted by Gasteiger charge is 2.21. The van der Waals surface area contributed by atoms with Gasteiger partial charge in [-0.1, -0.05) is 49.4 Å². The van der Waals surface area contributed by atoms with Crippen LogP contribution in [0, 0.1) is 11.7 Å². The maximum Gasteiger partial charge on any atom is 0.408 e. The fraction of sp³-hybridized carbons (Fsp3) is 0.269. The average Bonchev–Trinajstić information content (AvgIpc) is 2.82. The number of nitrogens with one attached hydrogen (secondary N) is 2. The van der Waals surface area contributed by atoms with E-state index in [1.807, 2.05) is 30.3 Å². The van der Waals surface area contributed by atoms with Crippen LogP contribution in [0.4, 0.5) is 14.9 Å². The minimum absolute atomic E-state index is 0.0286. The molecule has 7 heteroatoms. The van der Waals surface area contributed by atoms with Gasteiger partial charge in [-0.2, -0.15) is 0 Å². The number of amides is 2. The van der Waals surface area contributed by atoms with Gasteiger partial charge in [0.1, 0.15) is 12.4 Å². The summed E-state index contributed by atoms with van der Waals surface area (Å²) in [5.74, 6) is -1.44. The monoisotopic (exact) mass is 452 g/mol. The van der Waals surface area contributed by atoms with Crippen molar-refractivity contribution < 1.29 is 23.5 Å². The summed E-state index contributed by atoms with van der Waals surface area (Å²) in [6, 6.07) is 12.3. The summed E-state index contributed by atoms with van der Waals surface area (Å²) in [5.41, 5.74) is 1.74. The second kappa shape index (κ2) is 13.0. The first-order chi connectivity index (χ1) is 15.8. The van der Waals surface area contributed by atoms with Crippen molar-refractivity contribution in [3.63, 3.8) is 0 Å². The van der Waals surface area contributed by atoms with Crippen LogP contribution in [-0.4, -0.2) is 23.8 Å². The summed E-state index contributed by atoms with van der Waals surface area (Å²) in [6.45, 7) is 9.00. The minimum atomic E-state index is -0.821. The molecule has 2 aromatic carbocycles. The molecule has 0 radical (unpaired) electrons. The number of alkyl carbamates (subject to hydrolysis) is 1. The molecule has 0 saturated heterocycles. The first-order valence-corrected chi connectivity index (χ1v) is 10.7. The van der Waals surface area contributed by atoms with Gasteiger partial charge in [0.15, 0.2) is 5.78 Å². The number of benzene rings is 2. The quantitative estimate of drug-likeness (QED) is 0.446. The number of aryl methyl sites for hydroxylation is 1. The van der Waals surface area contributed by atoms with Crippen LogP contribution in [0.2, 0.25) is 0 Å². The molecule has 2 aromatic rings. The predicted octanol–water partition coefficient (Wildman–Crippen LogP) is 4.96. The van der Waals surface area contributed by atoms with Gasteiger partial charge in [-0.25, -0.2) is 9.18 Å². The number of ether oxygens (including phenoxy) is 1. The Morgan fingerprint density at radius 3 is 2.52 bits per heavy atom. The standard InChI is InChI=1S/C26H29FN2O4/c1-4-9-23(29-26(32)33-17-19-10-7-6-8-11-19)24(30)15-12-20-16-21(27)13-14-22(20)28-25(31)18(3)5-2/h4-8,10-11,13-14,16,18,23H,1-2,9,12,15,17H2,3H3,(H,28,31)(H,29,32)/t18-,23-/m0/s1. The molecule has 0 aliphatic carbocycles. The molecule has 0 unspecified atom stereocenters. The van der Waals surface area contributed by atoms with E-state index in [1.54, 1.807) is 6.92 Å². The molecule has 0 heterocycles. The molecule has 0 aliphatic rings. The van der Waals surface area contributed by atoms with E-state index in [0.717, 1.165) is 5.56 Å². The zero-order valence-corrected chi connectivity index (χ0v) is 18.7. The molecule has 0 aliphatic heterocycles. The molecule has 0 saturated carbocycles. The number of carbonyl (C=O) groups excluding carboxylic acids is 3. The zero-order chi connectivity index (χ0) is 24.2. The second-order valence-corrected chi connectivity index (χ2v) is 7.56. The first-order valence-electron chi connectivity index (χ1n) is 10.7. The van der Waals surface area contributed by atoms with Crippen molar-refractivity contribution in [2.75, 3.05) is 5.32 Å². The fourth-order valence-corrected chi connectivity index (χ4v) is 3.02. The highest BCUT2D eigenvalue weighted by Crippen LogP contribution is 2.20. The van der Waals surface area contributed by atoms with Gasteiger partial charge in [-0.15, -0.1) is 13.2 Å². The Balaban J connectivity index is 1.99. The van der Waals surface area contributed by atoms with E-state index in [9.17, 15) is 18.8 Å². The van der Waals surface area contributed by atoms with E-state index in [0.29, 0.717) is 11.3 Å². The molecule has 0 fully saturated rings. The Morgan fingerprint density at radius 2 is 1.85 bits per heavy atom. The van der Waals surface area contributed by atoms with Crippen molar-refractivity contribution in [1.29, 1.82) is 0 Å². The third kappa shape index (κ3) is 8.37. The largest absolute Gasteiger partial charge is 0.445 e. The number of ketones is 1. The molecular weight excluding hydrogens is 423 g/mol. The van der Waals surface area contributed by atoms with Crippen molar-refractivity contribution in [2.24, 2.45) is 5.92 Å². The van der Waals surface area contributed by atoms with E-state index in [-0.39, 0.29) is 37.6 Å². The van der Waals surface area contributed by atoms with Gasteiger partial charge in [0.05, 0.1) is 12.0 Å². The third-order valence-corrected chi connectivity index (χ3v) is 5.03. The van der Waals surface area contributed by atoms with Gasteiger partial charge in [0, 0.05) is 12.1 Å². The van der Waals surface area contributed by atoms with E-state index in [1.165, 1.54) is 30.4 Å². The number of hydrogen-bond donors (Lipinski definition) is 2. The molecule has 6 nitrogen and oxygen atoms in total. The summed E-state index contributed by atoms with van der Waals surface area (Å²) >= 11 is 0. The van der Waals surface area contributed by atoms with Crippen molar-refractivity contribution in [1.82, 2.24) is 5.32 Å². The van der Waals surface area contributed by atoms with Gasteiger partial charge < -0.3 is 15.4 Å². The van der Waals surface area contributed by atoms with Gasteiger partial charge in [-0.3, -0.25) is 9.59 Å². The molecule has 33 heavy (non-hydrogen) atoms.